The van der Waals surface area contributed by atoms with Crippen molar-refractivity contribution in [1.29, 1.82) is 0 Å². The summed E-state index contributed by atoms with van der Waals surface area (Å²) < 4.78 is 11.2. The molecular weight excluding hydrogens is 381 g/mol. The lowest BCUT2D eigenvalue weighted by Gasteiger charge is -2.10. The molecular formula is C22H21Cl2NO2. The van der Waals surface area contributed by atoms with Gasteiger partial charge in [-0.05, 0) is 41.5 Å². The van der Waals surface area contributed by atoms with Crippen molar-refractivity contribution in [1.82, 2.24) is 5.32 Å². The van der Waals surface area contributed by atoms with E-state index in [1.54, 1.807) is 13.2 Å². The molecule has 0 amide bonds. The fourth-order valence-corrected chi connectivity index (χ4v) is 3.01. The zero-order valence-corrected chi connectivity index (χ0v) is 16.6. The first kappa shape index (κ1) is 19.6. The number of methoxy groups -OCH3 is 1. The first-order chi connectivity index (χ1) is 13.2. The highest BCUT2D eigenvalue weighted by Gasteiger charge is 2.03. The molecule has 0 fully saturated rings. The monoisotopic (exact) mass is 401 g/mol. The van der Waals surface area contributed by atoms with E-state index in [2.05, 4.69) is 23.5 Å². The van der Waals surface area contributed by atoms with Gasteiger partial charge in [-0.2, -0.15) is 0 Å². The molecule has 0 radical (unpaired) electrons. The molecule has 1 N–H and O–H groups in total. The molecule has 5 heteroatoms. The molecule has 27 heavy (non-hydrogen) atoms. The fraction of sp³-hybridized carbons (Fsp3) is 0.182. The molecule has 0 atom stereocenters. The summed E-state index contributed by atoms with van der Waals surface area (Å²) in [6.45, 7) is 1.97. The number of para-hydroxylation sites is 1. The van der Waals surface area contributed by atoms with Gasteiger partial charge in [0.25, 0.3) is 0 Å². The highest BCUT2D eigenvalue weighted by Crippen LogP contribution is 2.23. The van der Waals surface area contributed by atoms with Crippen LogP contribution in [-0.4, -0.2) is 7.11 Å². The maximum atomic E-state index is 6.03. The van der Waals surface area contributed by atoms with Gasteiger partial charge in [0.1, 0.15) is 18.1 Å². The van der Waals surface area contributed by atoms with Crippen molar-refractivity contribution in [2.75, 3.05) is 7.11 Å². The van der Waals surface area contributed by atoms with Gasteiger partial charge in [-0.15, -0.1) is 0 Å². The second-order valence-electron chi connectivity index (χ2n) is 6.10. The molecule has 140 valence electrons. The van der Waals surface area contributed by atoms with Gasteiger partial charge in [0.05, 0.1) is 17.2 Å². The molecule has 0 bridgehead atoms. The average Bonchev–Trinajstić information content (AvgIpc) is 2.70. The van der Waals surface area contributed by atoms with Crippen molar-refractivity contribution in [3.8, 4) is 11.5 Å². The Bertz CT molecular complexity index is 882. The van der Waals surface area contributed by atoms with Gasteiger partial charge in [0.2, 0.25) is 0 Å². The molecule has 0 aliphatic carbocycles. The number of hydrogen-bond acceptors (Lipinski definition) is 3. The molecule has 0 heterocycles. The summed E-state index contributed by atoms with van der Waals surface area (Å²) in [6.07, 6.45) is 0. The third kappa shape index (κ3) is 5.64. The van der Waals surface area contributed by atoms with Gasteiger partial charge >= 0.3 is 0 Å². The first-order valence-corrected chi connectivity index (χ1v) is 9.39. The van der Waals surface area contributed by atoms with Crippen LogP contribution in [0.15, 0.2) is 66.7 Å². The van der Waals surface area contributed by atoms with E-state index >= 15 is 0 Å². The smallest absolute Gasteiger partial charge is 0.123 e. The van der Waals surface area contributed by atoms with Gasteiger partial charge in [-0.25, -0.2) is 0 Å². The zero-order chi connectivity index (χ0) is 19.1. The molecule has 0 saturated heterocycles. The summed E-state index contributed by atoms with van der Waals surface area (Å²) in [5.41, 5.74) is 3.31. The minimum atomic E-state index is 0.447. The summed E-state index contributed by atoms with van der Waals surface area (Å²) in [6, 6.07) is 21.6. The molecule has 0 saturated carbocycles. The van der Waals surface area contributed by atoms with Crippen LogP contribution in [-0.2, 0) is 19.7 Å². The molecule has 0 unspecified atom stereocenters. The largest absolute Gasteiger partial charge is 0.496 e. The maximum Gasteiger partial charge on any atom is 0.123 e. The fourth-order valence-electron chi connectivity index (χ4n) is 2.69. The maximum absolute atomic E-state index is 6.03. The molecule has 0 aliphatic heterocycles. The zero-order valence-electron chi connectivity index (χ0n) is 15.0. The summed E-state index contributed by atoms with van der Waals surface area (Å²) in [5, 5.41) is 4.52. The Labute approximate surface area is 169 Å². The SMILES string of the molecule is COc1ccccc1CNCc1ccc(OCc2ccc(Cl)c(Cl)c2)cc1. The van der Waals surface area contributed by atoms with Crippen LogP contribution in [0.3, 0.4) is 0 Å². The lowest BCUT2D eigenvalue weighted by molar-refractivity contribution is 0.306. The molecule has 0 aromatic heterocycles. The third-order valence-corrected chi connectivity index (χ3v) is 4.89. The normalized spacial score (nSPS) is 10.6. The number of benzene rings is 3. The molecule has 3 aromatic carbocycles. The van der Waals surface area contributed by atoms with E-state index in [9.17, 15) is 0 Å². The number of hydrogen-bond donors (Lipinski definition) is 1. The second kappa shape index (κ2) is 9.65. The highest BCUT2D eigenvalue weighted by molar-refractivity contribution is 6.42. The highest BCUT2D eigenvalue weighted by atomic mass is 35.5. The summed E-state index contributed by atoms with van der Waals surface area (Å²) in [5.74, 6) is 1.71. The van der Waals surface area contributed by atoms with Gasteiger partial charge in [0.15, 0.2) is 0 Å². The second-order valence-corrected chi connectivity index (χ2v) is 6.91. The number of nitrogens with one attached hydrogen (secondary N) is 1. The van der Waals surface area contributed by atoms with E-state index in [0.717, 1.165) is 35.7 Å². The van der Waals surface area contributed by atoms with Crippen LogP contribution in [0.2, 0.25) is 10.0 Å². The predicted octanol–water partition coefficient (Wildman–Crippen LogP) is 5.87. The average molecular weight is 402 g/mol. The van der Waals surface area contributed by atoms with Gasteiger partial charge in [-0.3, -0.25) is 0 Å². The van der Waals surface area contributed by atoms with Crippen LogP contribution in [0.5, 0.6) is 11.5 Å². The predicted molar refractivity (Wildman–Crippen MR) is 111 cm³/mol. The van der Waals surface area contributed by atoms with Gasteiger partial charge < -0.3 is 14.8 Å². The number of ether oxygens (including phenoxy) is 2. The summed E-state index contributed by atoms with van der Waals surface area (Å²) >= 11 is 12.0. The van der Waals surface area contributed by atoms with E-state index in [-0.39, 0.29) is 0 Å². The van der Waals surface area contributed by atoms with Crippen molar-refractivity contribution in [2.45, 2.75) is 19.7 Å². The van der Waals surface area contributed by atoms with Crippen molar-refractivity contribution in [2.24, 2.45) is 0 Å². The van der Waals surface area contributed by atoms with Gasteiger partial charge in [-0.1, -0.05) is 59.6 Å². The Kier molecular flexibility index (Phi) is 6.99. The lowest BCUT2D eigenvalue weighted by atomic mass is 10.2. The third-order valence-electron chi connectivity index (χ3n) is 4.15. The van der Waals surface area contributed by atoms with Crippen molar-refractivity contribution in [3.05, 3.63) is 93.5 Å². The summed E-state index contributed by atoms with van der Waals surface area (Å²) in [7, 11) is 1.69. The molecule has 0 spiro atoms. The Balaban J connectivity index is 1.49. The van der Waals surface area contributed by atoms with Crippen LogP contribution in [0.25, 0.3) is 0 Å². The number of rotatable bonds is 8. The Morgan fingerprint density at radius 3 is 2.30 bits per heavy atom. The van der Waals surface area contributed by atoms with E-state index in [1.807, 2.05) is 42.5 Å². The molecule has 3 aromatic rings. The Morgan fingerprint density at radius 2 is 1.56 bits per heavy atom. The van der Waals surface area contributed by atoms with Crippen LogP contribution >= 0.6 is 23.2 Å². The van der Waals surface area contributed by atoms with Crippen molar-refractivity contribution in [3.63, 3.8) is 0 Å². The standard InChI is InChI=1S/C22H21Cl2NO2/c1-26-22-5-3-2-4-18(22)14-25-13-16-6-9-19(10-7-16)27-15-17-8-11-20(23)21(24)12-17/h2-12,25H,13-15H2,1H3. The number of halogens is 2. The minimum absolute atomic E-state index is 0.447. The Morgan fingerprint density at radius 1 is 0.815 bits per heavy atom. The molecule has 3 nitrogen and oxygen atoms in total. The molecule has 0 aliphatic rings. The van der Waals surface area contributed by atoms with Crippen LogP contribution in [0, 0.1) is 0 Å². The quantitative estimate of drug-likeness (QED) is 0.511. The molecule has 3 rings (SSSR count). The van der Waals surface area contributed by atoms with E-state index in [1.165, 1.54) is 5.56 Å². The van der Waals surface area contributed by atoms with E-state index < -0.39 is 0 Å². The van der Waals surface area contributed by atoms with Crippen LogP contribution in [0.1, 0.15) is 16.7 Å². The van der Waals surface area contributed by atoms with Crippen molar-refractivity contribution >= 4 is 23.2 Å². The topological polar surface area (TPSA) is 30.5 Å². The van der Waals surface area contributed by atoms with Crippen LogP contribution < -0.4 is 14.8 Å². The van der Waals surface area contributed by atoms with E-state index in [4.69, 9.17) is 32.7 Å². The minimum Gasteiger partial charge on any atom is -0.496 e. The Hall–Kier alpha value is -2.20. The van der Waals surface area contributed by atoms with Crippen LogP contribution in [0.4, 0.5) is 0 Å². The van der Waals surface area contributed by atoms with Gasteiger partial charge in [0, 0.05) is 18.7 Å². The van der Waals surface area contributed by atoms with Crippen molar-refractivity contribution < 1.29 is 9.47 Å². The lowest BCUT2D eigenvalue weighted by Crippen LogP contribution is -2.13. The summed E-state index contributed by atoms with van der Waals surface area (Å²) in [4.78, 5) is 0. The first-order valence-electron chi connectivity index (χ1n) is 8.64. The van der Waals surface area contributed by atoms with E-state index in [0.29, 0.717) is 16.7 Å².